The highest BCUT2D eigenvalue weighted by molar-refractivity contribution is 5.85. The summed E-state index contributed by atoms with van der Waals surface area (Å²) in [4.78, 5) is 15.8. The first-order valence-corrected chi connectivity index (χ1v) is 7.26. The normalized spacial score (nSPS) is 11.0. The summed E-state index contributed by atoms with van der Waals surface area (Å²) in [6, 6.07) is 8.00. The first-order chi connectivity index (χ1) is 10.8. The molecule has 0 bridgehead atoms. The van der Waals surface area contributed by atoms with E-state index in [-0.39, 0.29) is 0 Å². The molecule has 0 radical (unpaired) electrons. The number of amides is 1. The second-order valence-electron chi connectivity index (χ2n) is 6.04. The van der Waals surface area contributed by atoms with Gasteiger partial charge in [0.25, 0.3) is 0 Å². The third-order valence-electron chi connectivity index (χ3n) is 2.82. The van der Waals surface area contributed by atoms with Gasteiger partial charge in [0.1, 0.15) is 11.4 Å². The van der Waals surface area contributed by atoms with Crippen LogP contribution in [0.2, 0.25) is 0 Å². The molecule has 0 fully saturated rings. The Hall–Kier alpha value is -2.63. The monoisotopic (exact) mass is 317 g/mol. The zero-order valence-corrected chi connectivity index (χ0v) is 13.4. The predicted molar refractivity (Wildman–Crippen MR) is 87.8 cm³/mol. The molecule has 0 unspecified atom stereocenters. The number of pyridine rings is 1. The topological polar surface area (TPSA) is 63.2 Å². The smallest absolute Gasteiger partial charge is 0.412 e. The van der Waals surface area contributed by atoms with Crippen LogP contribution in [0, 0.1) is 5.82 Å². The molecule has 2 rings (SSSR count). The van der Waals surface area contributed by atoms with Crippen LogP contribution in [0.4, 0.5) is 20.6 Å². The molecule has 1 aromatic heterocycles. The Bertz CT molecular complexity index is 669. The number of hydrogen-bond acceptors (Lipinski definition) is 4. The standard InChI is InChI=1S/C17H20FN3O2/c1-17(2,3)23-16(22)21-13-6-7-14(18)15(9-13)20-11-12-5-4-8-19-10-12/h4-10,20H,11H2,1-3H3,(H,21,22). The van der Waals surface area contributed by atoms with Gasteiger partial charge < -0.3 is 10.1 Å². The molecule has 0 aliphatic heterocycles. The van der Waals surface area contributed by atoms with E-state index in [1.807, 2.05) is 12.1 Å². The van der Waals surface area contributed by atoms with Crippen LogP contribution in [0.1, 0.15) is 26.3 Å². The van der Waals surface area contributed by atoms with E-state index < -0.39 is 17.5 Å². The van der Waals surface area contributed by atoms with Crippen molar-refractivity contribution in [3.63, 3.8) is 0 Å². The van der Waals surface area contributed by atoms with Gasteiger partial charge in [-0.05, 0) is 50.6 Å². The van der Waals surface area contributed by atoms with Crippen molar-refractivity contribution in [3.8, 4) is 0 Å². The molecule has 0 saturated heterocycles. The maximum absolute atomic E-state index is 13.9. The van der Waals surface area contributed by atoms with Crippen molar-refractivity contribution in [3.05, 3.63) is 54.1 Å². The number of nitrogens with zero attached hydrogens (tertiary/aromatic N) is 1. The lowest BCUT2D eigenvalue weighted by atomic mass is 10.2. The van der Waals surface area contributed by atoms with Crippen molar-refractivity contribution in [2.45, 2.75) is 32.9 Å². The molecular formula is C17H20FN3O2. The number of benzene rings is 1. The minimum absolute atomic E-state index is 0.294. The minimum atomic E-state index is -0.592. The Labute approximate surface area is 134 Å². The van der Waals surface area contributed by atoms with Crippen LogP contribution in [-0.4, -0.2) is 16.7 Å². The lowest BCUT2D eigenvalue weighted by Gasteiger charge is -2.20. The molecule has 0 atom stereocenters. The fraction of sp³-hybridized carbons (Fsp3) is 0.294. The fourth-order valence-corrected chi connectivity index (χ4v) is 1.86. The fourth-order valence-electron chi connectivity index (χ4n) is 1.86. The molecule has 0 aliphatic rings. The van der Waals surface area contributed by atoms with Crippen LogP contribution in [-0.2, 0) is 11.3 Å². The first-order valence-electron chi connectivity index (χ1n) is 7.26. The van der Waals surface area contributed by atoms with E-state index >= 15 is 0 Å². The molecule has 5 nitrogen and oxygen atoms in total. The highest BCUT2D eigenvalue weighted by Crippen LogP contribution is 2.21. The van der Waals surface area contributed by atoms with Crippen LogP contribution >= 0.6 is 0 Å². The van der Waals surface area contributed by atoms with E-state index in [1.165, 1.54) is 18.2 Å². The summed E-state index contributed by atoms with van der Waals surface area (Å²) in [6.07, 6.45) is 2.80. The SMILES string of the molecule is CC(C)(C)OC(=O)Nc1ccc(F)c(NCc2cccnc2)c1. The summed E-state index contributed by atoms with van der Waals surface area (Å²) in [7, 11) is 0. The van der Waals surface area contributed by atoms with Gasteiger partial charge in [0.15, 0.2) is 0 Å². The molecular weight excluding hydrogens is 297 g/mol. The van der Waals surface area contributed by atoms with Crippen LogP contribution in [0.3, 0.4) is 0 Å². The maximum atomic E-state index is 13.9. The number of nitrogens with one attached hydrogen (secondary N) is 2. The summed E-state index contributed by atoms with van der Waals surface area (Å²) >= 11 is 0. The number of anilines is 2. The second kappa shape index (κ2) is 7.09. The molecule has 1 amide bonds. The third kappa shape index (κ3) is 5.58. The Balaban J connectivity index is 2.02. The number of aromatic nitrogens is 1. The number of halogens is 1. The number of hydrogen-bond donors (Lipinski definition) is 2. The molecule has 1 heterocycles. The van der Waals surface area contributed by atoms with E-state index in [9.17, 15) is 9.18 Å². The number of ether oxygens (including phenoxy) is 1. The zero-order valence-electron chi connectivity index (χ0n) is 13.4. The summed E-state index contributed by atoms with van der Waals surface area (Å²) < 4.78 is 19.0. The molecule has 2 N–H and O–H groups in total. The van der Waals surface area contributed by atoms with Gasteiger partial charge in [-0.2, -0.15) is 0 Å². The van der Waals surface area contributed by atoms with Gasteiger partial charge in [0.05, 0.1) is 5.69 Å². The zero-order chi connectivity index (χ0) is 16.9. The van der Waals surface area contributed by atoms with Crippen LogP contribution < -0.4 is 10.6 Å². The Morgan fingerprint density at radius 1 is 1.30 bits per heavy atom. The average Bonchev–Trinajstić information content (AvgIpc) is 2.47. The largest absolute Gasteiger partial charge is 0.444 e. The number of carbonyl (C=O) groups is 1. The molecule has 0 aliphatic carbocycles. The van der Waals surface area contributed by atoms with Gasteiger partial charge >= 0.3 is 6.09 Å². The van der Waals surface area contributed by atoms with Crippen LogP contribution in [0.5, 0.6) is 0 Å². The molecule has 1 aromatic carbocycles. The minimum Gasteiger partial charge on any atom is -0.444 e. The predicted octanol–water partition coefficient (Wildman–Crippen LogP) is 4.18. The van der Waals surface area contributed by atoms with Gasteiger partial charge in [-0.1, -0.05) is 6.07 Å². The molecule has 23 heavy (non-hydrogen) atoms. The number of carbonyl (C=O) groups excluding carboxylic acids is 1. The van der Waals surface area contributed by atoms with Gasteiger partial charge in [0.2, 0.25) is 0 Å². The van der Waals surface area contributed by atoms with Gasteiger partial charge in [-0.15, -0.1) is 0 Å². The van der Waals surface area contributed by atoms with Gasteiger partial charge in [-0.3, -0.25) is 10.3 Å². The number of rotatable bonds is 4. The highest BCUT2D eigenvalue weighted by Gasteiger charge is 2.16. The van der Waals surface area contributed by atoms with E-state index in [2.05, 4.69) is 15.6 Å². The van der Waals surface area contributed by atoms with E-state index in [0.29, 0.717) is 17.9 Å². The van der Waals surface area contributed by atoms with Crippen molar-refractivity contribution < 1.29 is 13.9 Å². The summed E-state index contributed by atoms with van der Waals surface area (Å²) in [5.41, 5.74) is 1.08. The third-order valence-corrected chi connectivity index (χ3v) is 2.82. The van der Waals surface area contributed by atoms with E-state index in [0.717, 1.165) is 5.56 Å². The average molecular weight is 317 g/mol. The van der Waals surface area contributed by atoms with Crippen molar-refractivity contribution in [1.82, 2.24) is 4.98 Å². The summed E-state index contributed by atoms with van der Waals surface area (Å²) in [5, 5.41) is 5.57. The quantitative estimate of drug-likeness (QED) is 0.888. The Morgan fingerprint density at radius 3 is 2.74 bits per heavy atom. The molecule has 6 heteroatoms. The maximum Gasteiger partial charge on any atom is 0.412 e. The van der Waals surface area contributed by atoms with Crippen molar-refractivity contribution in [1.29, 1.82) is 0 Å². The highest BCUT2D eigenvalue weighted by atomic mass is 19.1. The van der Waals surface area contributed by atoms with Crippen molar-refractivity contribution >= 4 is 17.5 Å². The first kappa shape index (κ1) is 16.7. The Kier molecular flexibility index (Phi) is 5.16. The van der Waals surface area contributed by atoms with Crippen LogP contribution in [0.25, 0.3) is 0 Å². The van der Waals surface area contributed by atoms with Crippen molar-refractivity contribution in [2.24, 2.45) is 0 Å². The van der Waals surface area contributed by atoms with E-state index in [1.54, 1.807) is 33.2 Å². The molecule has 122 valence electrons. The second-order valence-corrected chi connectivity index (χ2v) is 6.04. The van der Waals surface area contributed by atoms with Crippen molar-refractivity contribution in [2.75, 3.05) is 10.6 Å². The molecule has 2 aromatic rings. The van der Waals surface area contributed by atoms with Gasteiger partial charge in [-0.25, -0.2) is 9.18 Å². The lowest BCUT2D eigenvalue weighted by molar-refractivity contribution is 0.0636. The van der Waals surface area contributed by atoms with Crippen LogP contribution in [0.15, 0.2) is 42.7 Å². The molecule has 0 spiro atoms. The Morgan fingerprint density at radius 2 is 2.09 bits per heavy atom. The van der Waals surface area contributed by atoms with E-state index in [4.69, 9.17) is 4.74 Å². The summed E-state index contributed by atoms with van der Waals surface area (Å²) in [6.45, 7) is 5.76. The lowest BCUT2D eigenvalue weighted by Crippen LogP contribution is -2.27. The molecule has 0 saturated carbocycles. The van der Waals surface area contributed by atoms with Gasteiger partial charge in [0, 0.05) is 24.6 Å². The summed E-state index contributed by atoms with van der Waals surface area (Å²) in [5.74, 6) is -0.399.